The molecule has 6 nitrogen and oxygen atoms in total. The fourth-order valence-electron chi connectivity index (χ4n) is 1.99. The van der Waals surface area contributed by atoms with Crippen molar-refractivity contribution in [1.29, 1.82) is 0 Å². The van der Waals surface area contributed by atoms with E-state index in [0.717, 1.165) is 9.80 Å². The van der Waals surface area contributed by atoms with Crippen molar-refractivity contribution in [1.82, 2.24) is 9.80 Å². The molecule has 0 heterocycles. The molecule has 1 aromatic carbocycles. The molecule has 0 saturated carbocycles. The van der Waals surface area contributed by atoms with Crippen molar-refractivity contribution in [2.45, 2.75) is 20.0 Å². The van der Waals surface area contributed by atoms with Crippen LogP contribution < -0.4 is 0 Å². The highest BCUT2D eigenvalue weighted by Gasteiger charge is 2.31. The van der Waals surface area contributed by atoms with Crippen LogP contribution in [-0.4, -0.2) is 45.3 Å². The average molecular weight is 301 g/mol. The largest absolute Gasteiger partial charge is 0.465 e. The Morgan fingerprint density at radius 2 is 1.45 bits per heavy atom. The van der Waals surface area contributed by atoms with Crippen LogP contribution in [0.15, 0.2) is 24.3 Å². The third kappa shape index (κ3) is 3.54. The lowest BCUT2D eigenvalue weighted by Gasteiger charge is -2.35. The molecule has 7 heteroatoms. The first-order valence-corrected chi connectivity index (χ1v) is 6.54. The summed E-state index contributed by atoms with van der Waals surface area (Å²) in [7, 11) is 0. The van der Waals surface area contributed by atoms with E-state index in [9.17, 15) is 19.8 Å². The van der Waals surface area contributed by atoms with Gasteiger partial charge in [0.15, 0.2) is 0 Å². The van der Waals surface area contributed by atoms with E-state index in [1.165, 1.54) is 0 Å². The van der Waals surface area contributed by atoms with Crippen molar-refractivity contribution in [3.05, 3.63) is 34.9 Å². The molecular formula is C13H17ClN2O4. The summed E-state index contributed by atoms with van der Waals surface area (Å²) in [6.45, 7) is 3.66. The van der Waals surface area contributed by atoms with Gasteiger partial charge in [-0.2, -0.15) is 0 Å². The Balaban J connectivity index is 3.28. The lowest BCUT2D eigenvalue weighted by atomic mass is 10.1. The van der Waals surface area contributed by atoms with Crippen molar-refractivity contribution >= 4 is 23.8 Å². The number of hydrogen-bond donors (Lipinski definition) is 2. The summed E-state index contributed by atoms with van der Waals surface area (Å²) in [5, 5.41) is 19.0. The number of nitrogens with zero attached hydrogens (tertiary/aromatic N) is 2. The van der Waals surface area contributed by atoms with Gasteiger partial charge in [0.2, 0.25) is 0 Å². The van der Waals surface area contributed by atoms with Crippen molar-refractivity contribution in [3.8, 4) is 0 Å². The first-order chi connectivity index (χ1) is 9.42. The molecule has 0 atom stereocenters. The van der Waals surface area contributed by atoms with Crippen LogP contribution in [0.2, 0.25) is 5.02 Å². The Hall–Kier alpha value is -1.95. The molecule has 0 aliphatic heterocycles. The number of rotatable bonds is 5. The Morgan fingerprint density at radius 1 is 1.05 bits per heavy atom. The predicted molar refractivity (Wildman–Crippen MR) is 75.0 cm³/mol. The molecule has 0 aromatic heterocycles. The summed E-state index contributed by atoms with van der Waals surface area (Å²) in [5.74, 6) is 0. The predicted octanol–water partition coefficient (Wildman–Crippen LogP) is 3.34. The second-order valence-corrected chi connectivity index (χ2v) is 4.50. The van der Waals surface area contributed by atoms with Crippen molar-refractivity contribution in [2.24, 2.45) is 0 Å². The van der Waals surface area contributed by atoms with Gasteiger partial charge in [0.05, 0.1) is 0 Å². The van der Waals surface area contributed by atoms with Gasteiger partial charge in [-0.05, 0) is 31.5 Å². The lowest BCUT2D eigenvalue weighted by Crippen LogP contribution is -2.46. The molecule has 0 spiro atoms. The van der Waals surface area contributed by atoms with Crippen LogP contribution >= 0.6 is 11.6 Å². The highest BCUT2D eigenvalue weighted by atomic mass is 35.5. The molecule has 0 bridgehead atoms. The molecule has 0 unspecified atom stereocenters. The van der Waals surface area contributed by atoms with Gasteiger partial charge in [-0.3, -0.25) is 9.80 Å². The highest BCUT2D eigenvalue weighted by Crippen LogP contribution is 2.26. The lowest BCUT2D eigenvalue weighted by molar-refractivity contribution is 0.0483. The zero-order valence-electron chi connectivity index (χ0n) is 11.3. The highest BCUT2D eigenvalue weighted by molar-refractivity contribution is 6.30. The van der Waals surface area contributed by atoms with Gasteiger partial charge in [0.1, 0.15) is 6.17 Å². The molecule has 0 aliphatic carbocycles. The third-order valence-corrected chi connectivity index (χ3v) is 3.18. The molecule has 1 rings (SSSR count). The maximum atomic E-state index is 11.3. The maximum Gasteiger partial charge on any atom is 0.409 e. The van der Waals surface area contributed by atoms with Crippen molar-refractivity contribution in [3.63, 3.8) is 0 Å². The van der Waals surface area contributed by atoms with Gasteiger partial charge in [0, 0.05) is 18.1 Å². The normalized spacial score (nSPS) is 10.4. The molecule has 20 heavy (non-hydrogen) atoms. The van der Waals surface area contributed by atoms with Crippen LogP contribution in [0, 0.1) is 0 Å². The van der Waals surface area contributed by atoms with Crippen LogP contribution in [0.1, 0.15) is 25.6 Å². The van der Waals surface area contributed by atoms with Crippen LogP contribution in [0.4, 0.5) is 9.59 Å². The summed E-state index contributed by atoms with van der Waals surface area (Å²) in [5.41, 5.74) is 0.558. The minimum atomic E-state index is -1.17. The van der Waals surface area contributed by atoms with E-state index in [0.29, 0.717) is 10.6 Å². The minimum Gasteiger partial charge on any atom is -0.465 e. The first kappa shape index (κ1) is 16.1. The molecule has 2 amide bonds. The zero-order chi connectivity index (χ0) is 15.3. The quantitative estimate of drug-likeness (QED) is 0.817. The van der Waals surface area contributed by atoms with Crippen LogP contribution in [0.25, 0.3) is 0 Å². The first-order valence-electron chi connectivity index (χ1n) is 6.16. The fourth-order valence-corrected chi connectivity index (χ4v) is 2.11. The smallest absolute Gasteiger partial charge is 0.409 e. The SMILES string of the molecule is CCN(C(=O)O)C(c1ccc(Cl)cc1)N(CC)C(=O)O. The number of halogens is 1. The van der Waals surface area contributed by atoms with Gasteiger partial charge in [0.25, 0.3) is 0 Å². The van der Waals surface area contributed by atoms with Gasteiger partial charge < -0.3 is 10.2 Å². The molecule has 0 radical (unpaired) electrons. The Bertz CT molecular complexity index is 456. The number of carboxylic acid groups (broad SMARTS) is 2. The van der Waals surface area contributed by atoms with Gasteiger partial charge >= 0.3 is 12.2 Å². The zero-order valence-corrected chi connectivity index (χ0v) is 12.0. The van der Waals surface area contributed by atoms with E-state index < -0.39 is 18.4 Å². The molecule has 110 valence electrons. The second-order valence-electron chi connectivity index (χ2n) is 4.06. The average Bonchev–Trinajstić information content (AvgIpc) is 2.39. The summed E-state index contributed by atoms with van der Waals surface area (Å²) in [4.78, 5) is 24.8. The van der Waals surface area contributed by atoms with Crippen LogP contribution in [0.5, 0.6) is 0 Å². The number of carbonyl (C=O) groups is 2. The van der Waals surface area contributed by atoms with Crippen molar-refractivity contribution in [2.75, 3.05) is 13.1 Å². The number of amides is 2. The standard InChI is InChI=1S/C13H17ClN2O4/c1-3-15(12(17)18)11(16(4-2)13(19)20)9-5-7-10(14)8-6-9/h5-8,11H,3-4H2,1-2H3,(H,17,18)(H,19,20). The minimum absolute atomic E-state index is 0.173. The van der Waals surface area contributed by atoms with Crippen LogP contribution in [-0.2, 0) is 0 Å². The van der Waals surface area contributed by atoms with E-state index in [-0.39, 0.29) is 13.1 Å². The molecule has 0 aliphatic rings. The van der Waals surface area contributed by atoms with Crippen molar-refractivity contribution < 1.29 is 19.8 Å². The Labute approximate surface area is 122 Å². The van der Waals surface area contributed by atoms with E-state index >= 15 is 0 Å². The summed E-state index contributed by atoms with van der Waals surface area (Å²) >= 11 is 5.81. The van der Waals surface area contributed by atoms with Gasteiger partial charge in [-0.25, -0.2) is 9.59 Å². The number of hydrogen-bond acceptors (Lipinski definition) is 2. The molecule has 0 saturated heterocycles. The molecular weight excluding hydrogens is 284 g/mol. The summed E-state index contributed by atoms with van der Waals surface area (Å²) in [6, 6.07) is 6.47. The van der Waals surface area contributed by atoms with E-state index in [2.05, 4.69) is 0 Å². The van der Waals surface area contributed by atoms with Gasteiger partial charge in [-0.1, -0.05) is 23.7 Å². The number of benzene rings is 1. The third-order valence-electron chi connectivity index (χ3n) is 2.93. The summed E-state index contributed by atoms with van der Waals surface area (Å²) in [6.07, 6.45) is -3.24. The molecule has 2 N–H and O–H groups in total. The van der Waals surface area contributed by atoms with Gasteiger partial charge in [-0.15, -0.1) is 0 Å². The topological polar surface area (TPSA) is 81.1 Å². The van der Waals surface area contributed by atoms with E-state index in [1.54, 1.807) is 38.1 Å². The fraction of sp³-hybridized carbons (Fsp3) is 0.385. The Morgan fingerprint density at radius 3 is 1.75 bits per heavy atom. The maximum absolute atomic E-state index is 11.3. The van der Waals surface area contributed by atoms with Crippen LogP contribution in [0.3, 0.4) is 0 Å². The second kappa shape index (κ2) is 7.00. The summed E-state index contributed by atoms with van der Waals surface area (Å²) < 4.78 is 0. The molecule has 1 aromatic rings. The van der Waals surface area contributed by atoms with E-state index in [1.807, 2.05) is 0 Å². The van der Waals surface area contributed by atoms with E-state index in [4.69, 9.17) is 11.6 Å². The monoisotopic (exact) mass is 300 g/mol. The molecule has 0 fully saturated rings. The Kier molecular flexibility index (Phi) is 5.64.